The first-order chi connectivity index (χ1) is 10.3. The van der Waals surface area contributed by atoms with Crippen LogP contribution in [0.25, 0.3) is 21.8 Å². The summed E-state index contributed by atoms with van der Waals surface area (Å²) >= 11 is 0. The normalized spacial score (nSPS) is 19.1. The molecule has 1 saturated heterocycles. The number of para-hydroxylation sites is 1. The van der Waals surface area contributed by atoms with Crippen LogP contribution in [0.15, 0.2) is 42.7 Å². The van der Waals surface area contributed by atoms with Crippen molar-refractivity contribution in [2.75, 3.05) is 0 Å². The number of fused-ring (bicyclic) bond motifs is 3. The van der Waals surface area contributed by atoms with E-state index in [9.17, 15) is 9.59 Å². The fourth-order valence-electron chi connectivity index (χ4n) is 3.11. The predicted octanol–water partition coefficient (Wildman–Crippen LogP) is 2.17. The van der Waals surface area contributed by atoms with Crippen LogP contribution in [-0.2, 0) is 9.59 Å². The molecule has 21 heavy (non-hydrogen) atoms. The minimum absolute atomic E-state index is 0.199. The molecule has 0 aliphatic carbocycles. The molecule has 1 unspecified atom stereocenters. The summed E-state index contributed by atoms with van der Waals surface area (Å²) in [6, 6.07) is 9.57. The molecule has 104 valence electrons. The zero-order chi connectivity index (χ0) is 14.4. The molecular weight excluding hydrogens is 266 g/mol. The zero-order valence-electron chi connectivity index (χ0n) is 11.2. The molecule has 4 rings (SSSR count). The SMILES string of the molecule is O=C1CCC(n2c3ccccc3c3ccncc32)C(=O)N1. The molecule has 0 spiro atoms. The van der Waals surface area contributed by atoms with Crippen LogP contribution in [0, 0.1) is 0 Å². The number of pyridine rings is 1. The molecular formula is C16H13N3O2. The third-order valence-corrected chi connectivity index (χ3v) is 4.04. The van der Waals surface area contributed by atoms with E-state index in [0.717, 1.165) is 21.8 Å². The van der Waals surface area contributed by atoms with Crippen LogP contribution in [-0.4, -0.2) is 21.4 Å². The van der Waals surface area contributed by atoms with Crippen molar-refractivity contribution in [1.29, 1.82) is 0 Å². The second-order valence-corrected chi connectivity index (χ2v) is 5.25. The molecule has 3 aromatic rings. The summed E-state index contributed by atoms with van der Waals surface area (Å²) in [5.74, 6) is -0.437. The van der Waals surface area contributed by atoms with Crippen LogP contribution < -0.4 is 5.32 Å². The number of imide groups is 1. The Morgan fingerprint density at radius 3 is 2.76 bits per heavy atom. The van der Waals surface area contributed by atoms with E-state index in [2.05, 4.69) is 10.3 Å². The molecule has 1 fully saturated rings. The second-order valence-electron chi connectivity index (χ2n) is 5.25. The highest BCUT2D eigenvalue weighted by molar-refractivity contribution is 6.09. The van der Waals surface area contributed by atoms with Gasteiger partial charge in [-0.25, -0.2) is 0 Å². The summed E-state index contributed by atoms with van der Waals surface area (Å²) in [5.41, 5.74) is 1.92. The number of rotatable bonds is 1. The summed E-state index contributed by atoms with van der Waals surface area (Å²) in [5, 5.41) is 4.60. The number of carbonyl (C=O) groups excluding carboxylic acids is 2. The molecule has 2 amide bonds. The average molecular weight is 279 g/mol. The van der Waals surface area contributed by atoms with Crippen LogP contribution in [0.2, 0.25) is 0 Å². The second kappa shape index (κ2) is 4.41. The van der Waals surface area contributed by atoms with E-state index in [1.807, 2.05) is 34.9 Å². The van der Waals surface area contributed by atoms with Gasteiger partial charge in [0.15, 0.2) is 0 Å². The summed E-state index contributed by atoms with van der Waals surface area (Å²) in [6.45, 7) is 0. The van der Waals surface area contributed by atoms with Crippen molar-refractivity contribution in [3.05, 3.63) is 42.7 Å². The third-order valence-electron chi connectivity index (χ3n) is 4.04. The van der Waals surface area contributed by atoms with E-state index in [-0.39, 0.29) is 17.9 Å². The Morgan fingerprint density at radius 1 is 1.10 bits per heavy atom. The quantitative estimate of drug-likeness (QED) is 0.694. The zero-order valence-corrected chi connectivity index (χ0v) is 11.2. The first-order valence-corrected chi connectivity index (χ1v) is 6.92. The molecule has 1 aliphatic rings. The molecule has 5 nitrogen and oxygen atoms in total. The van der Waals surface area contributed by atoms with Gasteiger partial charge in [-0.3, -0.25) is 19.9 Å². The van der Waals surface area contributed by atoms with E-state index in [1.165, 1.54) is 0 Å². The lowest BCUT2D eigenvalue weighted by molar-refractivity contribution is -0.135. The summed E-state index contributed by atoms with van der Waals surface area (Å²) < 4.78 is 2.00. The molecule has 1 aromatic carbocycles. The van der Waals surface area contributed by atoms with Gasteiger partial charge in [0.2, 0.25) is 11.8 Å². The third kappa shape index (κ3) is 1.74. The number of hydrogen-bond donors (Lipinski definition) is 1. The van der Waals surface area contributed by atoms with E-state index >= 15 is 0 Å². The fourth-order valence-corrected chi connectivity index (χ4v) is 3.11. The smallest absolute Gasteiger partial charge is 0.249 e. The number of nitrogens with zero attached hydrogens (tertiary/aromatic N) is 2. The van der Waals surface area contributed by atoms with Crippen LogP contribution in [0.3, 0.4) is 0 Å². The lowest BCUT2D eigenvalue weighted by Gasteiger charge is -2.23. The number of piperidine rings is 1. The van der Waals surface area contributed by atoms with E-state index in [4.69, 9.17) is 0 Å². The number of nitrogens with one attached hydrogen (secondary N) is 1. The highest BCUT2D eigenvalue weighted by atomic mass is 16.2. The number of hydrogen-bond acceptors (Lipinski definition) is 3. The van der Waals surface area contributed by atoms with Gasteiger partial charge >= 0.3 is 0 Å². The van der Waals surface area contributed by atoms with Crippen molar-refractivity contribution in [2.24, 2.45) is 0 Å². The fraction of sp³-hybridized carbons (Fsp3) is 0.188. The molecule has 1 atom stereocenters. The van der Waals surface area contributed by atoms with Crippen LogP contribution in [0.1, 0.15) is 18.9 Å². The summed E-state index contributed by atoms with van der Waals surface area (Å²) in [4.78, 5) is 27.8. The van der Waals surface area contributed by atoms with E-state index in [0.29, 0.717) is 12.8 Å². The van der Waals surface area contributed by atoms with Crippen LogP contribution in [0.5, 0.6) is 0 Å². The lowest BCUT2D eigenvalue weighted by atomic mass is 10.1. The Kier molecular flexibility index (Phi) is 2.54. The molecule has 1 N–H and O–H groups in total. The Balaban J connectivity index is 2.02. The van der Waals surface area contributed by atoms with Gasteiger partial charge < -0.3 is 4.57 Å². The largest absolute Gasteiger partial charge is 0.327 e. The van der Waals surface area contributed by atoms with Crippen molar-refractivity contribution in [2.45, 2.75) is 18.9 Å². The Labute approximate surface area is 120 Å². The summed E-state index contributed by atoms with van der Waals surface area (Å²) in [6.07, 6.45) is 4.42. The van der Waals surface area contributed by atoms with Crippen LogP contribution in [0.4, 0.5) is 0 Å². The minimum atomic E-state index is -0.366. The highest BCUT2D eigenvalue weighted by Gasteiger charge is 2.30. The summed E-state index contributed by atoms with van der Waals surface area (Å²) in [7, 11) is 0. The number of amides is 2. The molecule has 3 heterocycles. The molecule has 5 heteroatoms. The predicted molar refractivity (Wildman–Crippen MR) is 78.7 cm³/mol. The van der Waals surface area contributed by atoms with Crippen molar-refractivity contribution < 1.29 is 9.59 Å². The first kappa shape index (κ1) is 12.1. The standard InChI is InChI=1S/C16H13N3O2/c20-15-6-5-13(16(21)18-15)19-12-4-2-1-3-10(12)11-7-8-17-9-14(11)19/h1-4,7-9,13H,5-6H2,(H,18,20,21). The van der Waals surface area contributed by atoms with E-state index in [1.54, 1.807) is 12.4 Å². The van der Waals surface area contributed by atoms with Gasteiger partial charge in [0.05, 0.1) is 11.7 Å². The van der Waals surface area contributed by atoms with Crippen molar-refractivity contribution >= 4 is 33.6 Å². The highest BCUT2D eigenvalue weighted by Crippen LogP contribution is 2.33. The lowest BCUT2D eigenvalue weighted by Crippen LogP contribution is -2.41. The maximum atomic E-state index is 12.2. The van der Waals surface area contributed by atoms with E-state index < -0.39 is 0 Å². The van der Waals surface area contributed by atoms with Crippen molar-refractivity contribution in [1.82, 2.24) is 14.9 Å². The maximum absolute atomic E-state index is 12.2. The number of benzene rings is 1. The van der Waals surface area contributed by atoms with Crippen LogP contribution >= 0.6 is 0 Å². The molecule has 2 aromatic heterocycles. The first-order valence-electron chi connectivity index (χ1n) is 6.92. The minimum Gasteiger partial charge on any atom is -0.327 e. The van der Waals surface area contributed by atoms with Gasteiger partial charge in [0.25, 0.3) is 0 Å². The Hall–Kier alpha value is -2.69. The molecule has 1 aliphatic heterocycles. The van der Waals surface area contributed by atoms with Gasteiger partial charge in [-0.1, -0.05) is 18.2 Å². The van der Waals surface area contributed by atoms with Crippen molar-refractivity contribution in [3.63, 3.8) is 0 Å². The van der Waals surface area contributed by atoms with Gasteiger partial charge in [-0.2, -0.15) is 0 Å². The number of aromatic nitrogens is 2. The monoisotopic (exact) mass is 279 g/mol. The average Bonchev–Trinajstić information content (AvgIpc) is 2.82. The van der Waals surface area contributed by atoms with Gasteiger partial charge in [-0.05, 0) is 18.6 Å². The topological polar surface area (TPSA) is 64.0 Å². The number of carbonyl (C=O) groups is 2. The Morgan fingerprint density at radius 2 is 1.90 bits per heavy atom. The maximum Gasteiger partial charge on any atom is 0.249 e. The molecule has 0 radical (unpaired) electrons. The molecule has 0 bridgehead atoms. The van der Waals surface area contributed by atoms with Gasteiger partial charge in [0.1, 0.15) is 6.04 Å². The Bertz CT molecular complexity index is 828. The van der Waals surface area contributed by atoms with Gasteiger partial charge in [-0.15, -0.1) is 0 Å². The molecule has 0 saturated carbocycles. The van der Waals surface area contributed by atoms with Gasteiger partial charge in [0, 0.05) is 28.9 Å². The van der Waals surface area contributed by atoms with Crippen molar-refractivity contribution in [3.8, 4) is 0 Å².